The first-order valence-corrected chi connectivity index (χ1v) is 4.60. The minimum Gasteiger partial charge on any atom is -0.467 e. The first kappa shape index (κ1) is 12.9. The molecule has 0 spiro atoms. The van der Waals surface area contributed by atoms with Gasteiger partial charge >= 0.3 is 0 Å². The van der Waals surface area contributed by atoms with E-state index in [1.807, 2.05) is 27.7 Å². The van der Waals surface area contributed by atoms with Gasteiger partial charge in [-0.05, 0) is 5.92 Å². The summed E-state index contributed by atoms with van der Waals surface area (Å²) in [6.07, 6.45) is -0.250. The van der Waals surface area contributed by atoms with Crippen LogP contribution in [0.4, 0.5) is 0 Å². The Kier molecular flexibility index (Phi) is 5.20. The van der Waals surface area contributed by atoms with E-state index in [0.29, 0.717) is 12.9 Å². The third-order valence-electron chi connectivity index (χ3n) is 2.10. The first-order chi connectivity index (χ1) is 6.45. The minimum atomic E-state index is -0.365. The molecule has 0 aliphatic heterocycles. The van der Waals surface area contributed by atoms with E-state index in [0.717, 1.165) is 0 Å². The molecular weight excluding hydrogens is 184 g/mol. The van der Waals surface area contributed by atoms with Crippen molar-refractivity contribution >= 4 is 12.9 Å². The Bertz CT molecular complexity index is 187. The molecule has 0 aromatic carbocycles. The smallest absolute Gasteiger partial charge is 0.293 e. The van der Waals surface area contributed by atoms with Crippen molar-refractivity contribution in [2.45, 2.75) is 33.8 Å². The Labute approximate surface area is 84.6 Å². The van der Waals surface area contributed by atoms with Gasteiger partial charge in [0.15, 0.2) is 0 Å². The van der Waals surface area contributed by atoms with E-state index in [9.17, 15) is 9.59 Å². The molecule has 4 heteroatoms. The molecule has 4 nitrogen and oxygen atoms in total. The predicted molar refractivity (Wildman–Crippen MR) is 51.6 cm³/mol. The second kappa shape index (κ2) is 5.62. The van der Waals surface area contributed by atoms with Crippen molar-refractivity contribution in [1.82, 2.24) is 0 Å². The van der Waals surface area contributed by atoms with Crippen molar-refractivity contribution < 1.29 is 19.1 Å². The number of carbonyl (C=O) groups is 2. The topological polar surface area (TPSA) is 52.6 Å². The molecule has 0 aliphatic carbocycles. The van der Waals surface area contributed by atoms with Gasteiger partial charge in [-0.1, -0.05) is 27.7 Å². The Morgan fingerprint density at radius 3 is 2.14 bits per heavy atom. The van der Waals surface area contributed by atoms with Crippen molar-refractivity contribution in [2.24, 2.45) is 11.3 Å². The van der Waals surface area contributed by atoms with E-state index >= 15 is 0 Å². The normalized spacial score (nSPS) is 13.5. The summed E-state index contributed by atoms with van der Waals surface area (Å²) in [5.41, 5.74) is -0.365. The molecule has 82 valence electrons. The average Bonchev–Trinajstić information content (AvgIpc) is 2.10. The van der Waals surface area contributed by atoms with Crippen molar-refractivity contribution in [3.8, 4) is 0 Å². The van der Waals surface area contributed by atoms with E-state index in [1.54, 1.807) is 0 Å². The van der Waals surface area contributed by atoms with Crippen LogP contribution in [0, 0.1) is 11.3 Å². The number of hydrogen-bond donors (Lipinski definition) is 0. The van der Waals surface area contributed by atoms with Crippen molar-refractivity contribution in [1.29, 1.82) is 0 Å². The van der Waals surface area contributed by atoms with Crippen LogP contribution in [0.2, 0.25) is 0 Å². The van der Waals surface area contributed by atoms with E-state index in [2.05, 4.69) is 0 Å². The number of hydrogen-bond acceptors (Lipinski definition) is 4. The molecule has 1 unspecified atom stereocenters. The summed E-state index contributed by atoms with van der Waals surface area (Å²) in [4.78, 5) is 20.4. The summed E-state index contributed by atoms with van der Waals surface area (Å²) >= 11 is 0. The van der Waals surface area contributed by atoms with Crippen LogP contribution in [0.25, 0.3) is 0 Å². The van der Waals surface area contributed by atoms with Gasteiger partial charge < -0.3 is 9.47 Å². The van der Waals surface area contributed by atoms with Gasteiger partial charge in [0.25, 0.3) is 12.9 Å². The maximum Gasteiger partial charge on any atom is 0.293 e. The molecule has 14 heavy (non-hydrogen) atoms. The third kappa shape index (κ3) is 3.77. The van der Waals surface area contributed by atoms with Gasteiger partial charge in [-0.3, -0.25) is 9.59 Å². The lowest BCUT2D eigenvalue weighted by Crippen LogP contribution is -2.39. The van der Waals surface area contributed by atoms with Gasteiger partial charge in [0.05, 0.1) is 6.61 Å². The largest absolute Gasteiger partial charge is 0.467 e. The zero-order valence-electron chi connectivity index (χ0n) is 9.15. The fourth-order valence-electron chi connectivity index (χ4n) is 1.63. The van der Waals surface area contributed by atoms with Gasteiger partial charge in [-0.15, -0.1) is 0 Å². The fraction of sp³-hybridized carbons (Fsp3) is 0.800. The number of ether oxygens (including phenoxy) is 2. The highest BCUT2D eigenvalue weighted by atomic mass is 16.5. The molecule has 0 N–H and O–H groups in total. The lowest BCUT2D eigenvalue weighted by atomic mass is 9.81. The van der Waals surface area contributed by atoms with Gasteiger partial charge in [0.1, 0.15) is 6.10 Å². The van der Waals surface area contributed by atoms with Crippen LogP contribution in [0.5, 0.6) is 0 Å². The molecule has 0 aromatic heterocycles. The highest BCUT2D eigenvalue weighted by Gasteiger charge is 2.34. The predicted octanol–water partition coefficient (Wildman–Crippen LogP) is 1.38. The highest BCUT2D eigenvalue weighted by molar-refractivity contribution is 5.38. The summed E-state index contributed by atoms with van der Waals surface area (Å²) < 4.78 is 9.69. The first-order valence-electron chi connectivity index (χ1n) is 4.60. The molecule has 0 heterocycles. The summed E-state index contributed by atoms with van der Waals surface area (Å²) in [6.45, 7) is 8.78. The van der Waals surface area contributed by atoms with Crippen LogP contribution in [-0.4, -0.2) is 25.7 Å². The summed E-state index contributed by atoms with van der Waals surface area (Å²) in [6, 6.07) is 0. The van der Waals surface area contributed by atoms with Crippen LogP contribution < -0.4 is 0 Å². The van der Waals surface area contributed by atoms with Crippen LogP contribution in [0.3, 0.4) is 0 Å². The van der Waals surface area contributed by atoms with Crippen LogP contribution in [-0.2, 0) is 19.1 Å². The third-order valence-corrected chi connectivity index (χ3v) is 2.10. The SMILES string of the molecule is CC(C)C(OC=O)C(C)(C)COC=O. The average molecular weight is 202 g/mol. The Morgan fingerprint density at radius 1 is 1.21 bits per heavy atom. The van der Waals surface area contributed by atoms with E-state index < -0.39 is 0 Å². The molecule has 0 aromatic rings. The Balaban J connectivity index is 4.43. The van der Waals surface area contributed by atoms with Crippen molar-refractivity contribution in [3.63, 3.8) is 0 Å². The molecule has 1 atom stereocenters. The second-order valence-corrected chi connectivity index (χ2v) is 4.29. The van der Waals surface area contributed by atoms with Gasteiger partial charge in [-0.25, -0.2) is 0 Å². The zero-order chi connectivity index (χ0) is 11.2. The van der Waals surface area contributed by atoms with Gasteiger partial charge in [0.2, 0.25) is 0 Å². The van der Waals surface area contributed by atoms with Crippen LogP contribution in [0.15, 0.2) is 0 Å². The monoisotopic (exact) mass is 202 g/mol. The summed E-state index contributed by atoms with van der Waals surface area (Å²) in [5, 5.41) is 0. The maximum atomic E-state index is 10.3. The molecule has 0 amide bonds. The standard InChI is InChI=1S/C10H18O4/c1-8(2)9(14-7-12)10(3,4)5-13-6-11/h6-9H,5H2,1-4H3. The summed E-state index contributed by atoms with van der Waals surface area (Å²) in [7, 11) is 0. The van der Waals surface area contributed by atoms with E-state index in [1.165, 1.54) is 0 Å². The molecule has 0 radical (unpaired) electrons. The van der Waals surface area contributed by atoms with E-state index in [4.69, 9.17) is 9.47 Å². The lowest BCUT2D eigenvalue weighted by Gasteiger charge is -2.34. The molecule has 0 aliphatic rings. The number of carbonyl (C=O) groups excluding carboxylic acids is 2. The van der Waals surface area contributed by atoms with Crippen molar-refractivity contribution in [2.75, 3.05) is 6.61 Å². The minimum absolute atomic E-state index is 0.186. The zero-order valence-corrected chi connectivity index (χ0v) is 9.15. The van der Waals surface area contributed by atoms with Gasteiger partial charge in [0, 0.05) is 5.41 Å². The van der Waals surface area contributed by atoms with Crippen LogP contribution >= 0.6 is 0 Å². The molecule has 0 bridgehead atoms. The van der Waals surface area contributed by atoms with E-state index in [-0.39, 0.29) is 24.0 Å². The van der Waals surface area contributed by atoms with Gasteiger partial charge in [-0.2, -0.15) is 0 Å². The van der Waals surface area contributed by atoms with Crippen molar-refractivity contribution in [3.05, 3.63) is 0 Å². The molecule has 0 saturated carbocycles. The Morgan fingerprint density at radius 2 is 1.79 bits per heavy atom. The fourth-order valence-corrected chi connectivity index (χ4v) is 1.63. The maximum absolute atomic E-state index is 10.3. The molecule has 0 saturated heterocycles. The Hall–Kier alpha value is -1.06. The second-order valence-electron chi connectivity index (χ2n) is 4.29. The quantitative estimate of drug-likeness (QED) is 0.585. The lowest BCUT2D eigenvalue weighted by molar-refractivity contribution is -0.149. The summed E-state index contributed by atoms with van der Waals surface area (Å²) in [5.74, 6) is 0.186. The molecule has 0 rings (SSSR count). The number of rotatable bonds is 7. The molecular formula is C10H18O4. The highest BCUT2D eigenvalue weighted by Crippen LogP contribution is 2.28. The molecule has 0 fully saturated rings. The van der Waals surface area contributed by atoms with Crippen LogP contribution in [0.1, 0.15) is 27.7 Å².